The average molecular weight is 173 g/mol. The van der Waals surface area contributed by atoms with Crippen LogP contribution in [0.5, 0.6) is 0 Å². The number of hydrogen-bond acceptors (Lipinski definition) is 3. The lowest BCUT2D eigenvalue weighted by Gasteiger charge is -2.36. The van der Waals surface area contributed by atoms with Gasteiger partial charge in [-0.25, -0.2) is 0 Å². The SMILES string of the molecule is COC(CN(C)C1CCC1)OC. The van der Waals surface area contributed by atoms with Crippen molar-refractivity contribution in [2.24, 2.45) is 0 Å². The lowest BCUT2D eigenvalue weighted by Crippen LogP contribution is -2.42. The summed E-state index contributed by atoms with van der Waals surface area (Å²) in [5.74, 6) is 0. The molecule has 1 fully saturated rings. The van der Waals surface area contributed by atoms with Crippen LogP contribution in [0.1, 0.15) is 19.3 Å². The molecule has 0 N–H and O–H groups in total. The molecule has 72 valence electrons. The van der Waals surface area contributed by atoms with Crippen molar-refractivity contribution in [3.05, 3.63) is 0 Å². The maximum atomic E-state index is 5.12. The van der Waals surface area contributed by atoms with Gasteiger partial charge < -0.3 is 9.47 Å². The topological polar surface area (TPSA) is 21.7 Å². The molecule has 3 nitrogen and oxygen atoms in total. The summed E-state index contributed by atoms with van der Waals surface area (Å²) < 4.78 is 10.2. The normalized spacial score (nSPS) is 18.8. The second kappa shape index (κ2) is 4.80. The van der Waals surface area contributed by atoms with Gasteiger partial charge in [-0.3, -0.25) is 4.90 Å². The smallest absolute Gasteiger partial charge is 0.169 e. The van der Waals surface area contributed by atoms with Gasteiger partial charge in [-0.15, -0.1) is 0 Å². The van der Waals surface area contributed by atoms with Gasteiger partial charge in [-0.2, -0.15) is 0 Å². The summed E-state index contributed by atoms with van der Waals surface area (Å²) in [6, 6.07) is 0.762. The molecule has 0 aromatic rings. The van der Waals surface area contributed by atoms with Crippen LogP contribution in [0.4, 0.5) is 0 Å². The molecule has 0 spiro atoms. The van der Waals surface area contributed by atoms with Crippen LogP contribution in [0.15, 0.2) is 0 Å². The van der Waals surface area contributed by atoms with E-state index in [9.17, 15) is 0 Å². The van der Waals surface area contributed by atoms with E-state index in [2.05, 4.69) is 11.9 Å². The number of methoxy groups -OCH3 is 2. The summed E-state index contributed by atoms with van der Waals surface area (Å²) in [5, 5.41) is 0. The molecule has 0 heterocycles. The van der Waals surface area contributed by atoms with E-state index < -0.39 is 0 Å². The first-order chi connectivity index (χ1) is 5.77. The Balaban J connectivity index is 2.18. The fourth-order valence-corrected chi connectivity index (χ4v) is 1.46. The first kappa shape index (κ1) is 9.96. The summed E-state index contributed by atoms with van der Waals surface area (Å²) in [5.41, 5.74) is 0. The highest BCUT2D eigenvalue weighted by Gasteiger charge is 2.23. The molecule has 0 aliphatic heterocycles. The van der Waals surface area contributed by atoms with Crippen LogP contribution in [-0.4, -0.2) is 45.0 Å². The zero-order chi connectivity index (χ0) is 8.97. The average Bonchev–Trinajstić information content (AvgIpc) is 1.96. The molecule has 0 amide bonds. The van der Waals surface area contributed by atoms with Gasteiger partial charge in [0.15, 0.2) is 6.29 Å². The monoisotopic (exact) mass is 173 g/mol. The van der Waals surface area contributed by atoms with E-state index in [1.807, 2.05) is 0 Å². The van der Waals surface area contributed by atoms with Gasteiger partial charge in [-0.05, 0) is 19.9 Å². The molecule has 1 saturated carbocycles. The van der Waals surface area contributed by atoms with Crippen molar-refractivity contribution in [1.82, 2.24) is 4.90 Å². The van der Waals surface area contributed by atoms with Crippen LogP contribution in [0, 0.1) is 0 Å². The van der Waals surface area contributed by atoms with Crippen molar-refractivity contribution in [3.8, 4) is 0 Å². The largest absolute Gasteiger partial charge is 0.355 e. The Morgan fingerprint density at radius 2 is 1.92 bits per heavy atom. The summed E-state index contributed by atoms with van der Waals surface area (Å²) in [7, 11) is 5.50. The predicted molar refractivity (Wildman–Crippen MR) is 48.1 cm³/mol. The van der Waals surface area contributed by atoms with Gasteiger partial charge in [0, 0.05) is 26.8 Å². The molecule has 12 heavy (non-hydrogen) atoms. The third-order valence-electron chi connectivity index (χ3n) is 2.66. The van der Waals surface area contributed by atoms with Crippen molar-refractivity contribution in [1.29, 1.82) is 0 Å². The van der Waals surface area contributed by atoms with E-state index >= 15 is 0 Å². The standard InChI is InChI=1S/C9H19NO2/c1-10(8-5-4-6-8)7-9(11-2)12-3/h8-9H,4-7H2,1-3H3. The number of likely N-dealkylation sites (N-methyl/N-ethyl adjacent to an activating group) is 1. The van der Waals surface area contributed by atoms with Crippen LogP contribution < -0.4 is 0 Å². The van der Waals surface area contributed by atoms with E-state index in [-0.39, 0.29) is 6.29 Å². The van der Waals surface area contributed by atoms with Gasteiger partial charge in [-0.1, -0.05) is 6.42 Å². The maximum absolute atomic E-state index is 5.12. The minimum atomic E-state index is -0.0735. The molecule has 0 aromatic carbocycles. The fraction of sp³-hybridized carbons (Fsp3) is 1.00. The summed E-state index contributed by atoms with van der Waals surface area (Å²) >= 11 is 0. The molecule has 3 heteroatoms. The number of nitrogens with zero attached hydrogens (tertiary/aromatic N) is 1. The minimum Gasteiger partial charge on any atom is -0.355 e. The highest BCUT2D eigenvalue weighted by molar-refractivity contribution is 4.78. The van der Waals surface area contributed by atoms with Gasteiger partial charge in [0.05, 0.1) is 0 Å². The summed E-state index contributed by atoms with van der Waals surface area (Å²) in [6.07, 6.45) is 3.96. The fourth-order valence-electron chi connectivity index (χ4n) is 1.46. The summed E-state index contributed by atoms with van der Waals surface area (Å²) in [6.45, 7) is 0.873. The van der Waals surface area contributed by atoms with Gasteiger partial charge in [0.2, 0.25) is 0 Å². The molecular formula is C9H19NO2. The van der Waals surface area contributed by atoms with E-state index in [0.29, 0.717) is 0 Å². The number of rotatable bonds is 5. The van der Waals surface area contributed by atoms with E-state index in [1.54, 1.807) is 14.2 Å². The molecule has 0 aromatic heterocycles. The first-order valence-corrected chi connectivity index (χ1v) is 4.53. The molecular weight excluding hydrogens is 154 g/mol. The van der Waals surface area contributed by atoms with Gasteiger partial charge in [0.1, 0.15) is 0 Å². The Morgan fingerprint density at radius 1 is 1.33 bits per heavy atom. The number of hydrogen-bond donors (Lipinski definition) is 0. The van der Waals surface area contributed by atoms with Crippen molar-refractivity contribution in [2.75, 3.05) is 27.8 Å². The third kappa shape index (κ3) is 2.44. The van der Waals surface area contributed by atoms with Gasteiger partial charge >= 0.3 is 0 Å². The third-order valence-corrected chi connectivity index (χ3v) is 2.66. The Labute approximate surface area is 74.6 Å². The zero-order valence-corrected chi connectivity index (χ0v) is 8.25. The molecule has 0 saturated heterocycles. The minimum absolute atomic E-state index is 0.0735. The van der Waals surface area contributed by atoms with Crippen molar-refractivity contribution >= 4 is 0 Å². The molecule has 0 bridgehead atoms. The number of ether oxygens (including phenoxy) is 2. The lowest BCUT2D eigenvalue weighted by molar-refractivity contribution is -0.120. The van der Waals surface area contributed by atoms with E-state index in [1.165, 1.54) is 19.3 Å². The molecule has 0 atom stereocenters. The van der Waals surface area contributed by atoms with Gasteiger partial charge in [0.25, 0.3) is 0 Å². The van der Waals surface area contributed by atoms with E-state index in [4.69, 9.17) is 9.47 Å². The first-order valence-electron chi connectivity index (χ1n) is 4.53. The molecule has 1 rings (SSSR count). The van der Waals surface area contributed by atoms with Crippen LogP contribution in [-0.2, 0) is 9.47 Å². The molecule has 1 aliphatic carbocycles. The molecule has 1 aliphatic rings. The Hall–Kier alpha value is -0.120. The van der Waals surface area contributed by atoms with Crippen molar-refractivity contribution in [3.63, 3.8) is 0 Å². The van der Waals surface area contributed by atoms with Crippen LogP contribution in [0.3, 0.4) is 0 Å². The maximum Gasteiger partial charge on any atom is 0.169 e. The zero-order valence-electron chi connectivity index (χ0n) is 8.25. The Bertz CT molecular complexity index is 122. The Kier molecular flexibility index (Phi) is 3.98. The van der Waals surface area contributed by atoms with Crippen LogP contribution in [0.25, 0.3) is 0 Å². The Morgan fingerprint density at radius 3 is 2.25 bits per heavy atom. The van der Waals surface area contributed by atoms with Crippen LogP contribution in [0.2, 0.25) is 0 Å². The highest BCUT2D eigenvalue weighted by atomic mass is 16.7. The second-order valence-electron chi connectivity index (χ2n) is 3.43. The lowest BCUT2D eigenvalue weighted by atomic mass is 9.92. The quantitative estimate of drug-likeness (QED) is 0.581. The highest BCUT2D eigenvalue weighted by Crippen LogP contribution is 2.23. The van der Waals surface area contributed by atoms with E-state index in [0.717, 1.165) is 12.6 Å². The van der Waals surface area contributed by atoms with Crippen molar-refractivity contribution in [2.45, 2.75) is 31.6 Å². The summed E-state index contributed by atoms with van der Waals surface area (Å²) in [4.78, 5) is 2.32. The predicted octanol–water partition coefficient (Wildman–Crippen LogP) is 1.09. The van der Waals surface area contributed by atoms with Crippen LogP contribution >= 0.6 is 0 Å². The second-order valence-corrected chi connectivity index (χ2v) is 3.43. The van der Waals surface area contributed by atoms with Crippen molar-refractivity contribution < 1.29 is 9.47 Å². The molecule has 0 unspecified atom stereocenters. The molecule has 0 radical (unpaired) electrons.